The van der Waals surface area contributed by atoms with E-state index in [9.17, 15) is 9.90 Å². The van der Waals surface area contributed by atoms with Gasteiger partial charge in [-0.15, -0.1) is 0 Å². The summed E-state index contributed by atoms with van der Waals surface area (Å²) < 4.78 is 6.71. The van der Waals surface area contributed by atoms with Gasteiger partial charge < -0.3 is 26.4 Å². The molecule has 0 spiro atoms. The molecule has 6 N–H and O–H groups in total. The lowest BCUT2D eigenvalue weighted by Gasteiger charge is -2.17. The molecule has 94 valence electrons. The van der Waals surface area contributed by atoms with E-state index in [1.165, 1.54) is 10.9 Å². The van der Waals surface area contributed by atoms with Gasteiger partial charge in [0.05, 0.1) is 19.0 Å². The Bertz CT molecular complexity index is 433. The summed E-state index contributed by atoms with van der Waals surface area (Å²) in [4.78, 5) is 14.7. The highest BCUT2D eigenvalue weighted by Crippen LogP contribution is 2.31. The predicted octanol–water partition coefficient (Wildman–Crippen LogP) is -1.80. The number of imidazole rings is 1. The van der Waals surface area contributed by atoms with Crippen LogP contribution >= 0.6 is 0 Å². The Hall–Kier alpha value is -1.64. The van der Waals surface area contributed by atoms with E-state index in [4.69, 9.17) is 21.3 Å². The van der Waals surface area contributed by atoms with E-state index < -0.39 is 24.3 Å². The van der Waals surface area contributed by atoms with Gasteiger partial charge in [-0.3, -0.25) is 9.36 Å². The number of aromatic nitrogens is 2. The fourth-order valence-electron chi connectivity index (χ4n) is 1.86. The first kappa shape index (κ1) is 11.8. The van der Waals surface area contributed by atoms with Crippen LogP contribution in [0.3, 0.4) is 0 Å². The fraction of sp³-hybridized carbons (Fsp3) is 0.556. The van der Waals surface area contributed by atoms with Crippen molar-refractivity contribution in [2.75, 3.05) is 12.3 Å². The van der Waals surface area contributed by atoms with Gasteiger partial charge in [0.1, 0.15) is 11.9 Å². The highest BCUT2D eigenvalue weighted by Gasteiger charge is 2.36. The summed E-state index contributed by atoms with van der Waals surface area (Å²) in [5.41, 5.74) is 10.7. The number of nitrogens with two attached hydrogens (primary N) is 2. The molecule has 1 aromatic rings. The van der Waals surface area contributed by atoms with Crippen LogP contribution in [-0.4, -0.2) is 44.5 Å². The van der Waals surface area contributed by atoms with Crippen LogP contribution in [0.15, 0.2) is 6.33 Å². The molecule has 17 heavy (non-hydrogen) atoms. The van der Waals surface area contributed by atoms with Gasteiger partial charge in [-0.2, -0.15) is 0 Å². The Morgan fingerprint density at radius 2 is 2.41 bits per heavy atom. The number of rotatable bonds is 3. The molecule has 1 amide bonds. The molecule has 1 saturated heterocycles. The first-order valence-electron chi connectivity index (χ1n) is 5.11. The minimum atomic E-state index is -0.815. The van der Waals surface area contributed by atoms with Crippen molar-refractivity contribution in [2.24, 2.45) is 5.73 Å². The molecule has 3 unspecified atom stereocenters. The third-order valence-corrected chi connectivity index (χ3v) is 2.71. The Balaban J connectivity index is 2.26. The second-order valence-electron chi connectivity index (χ2n) is 3.88. The number of hydrogen-bond donors (Lipinski definition) is 4. The maximum Gasteiger partial charge on any atom is 0.271 e. The van der Waals surface area contributed by atoms with Gasteiger partial charge >= 0.3 is 0 Å². The summed E-state index contributed by atoms with van der Waals surface area (Å²) in [5, 5.41) is 18.7. The standard InChI is InChI=1S/C9H14N4O4/c10-7-6(8(11)16)12-3-13(7)9-5(15)1-4(2-14)17-9/h3-5,9,14-15H,1-2,10H2,(H2,11,16). The van der Waals surface area contributed by atoms with Gasteiger partial charge in [0.15, 0.2) is 11.9 Å². The minimum Gasteiger partial charge on any atom is -0.394 e. The number of aliphatic hydroxyl groups is 2. The van der Waals surface area contributed by atoms with Gasteiger partial charge in [0, 0.05) is 6.42 Å². The molecule has 0 radical (unpaired) electrons. The predicted molar refractivity (Wildman–Crippen MR) is 56.8 cm³/mol. The van der Waals surface area contributed by atoms with Crippen molar-refractivity contribution in [1.29, 1.82) is 0 Å². The van der Waals surface area contributed by atoms with E-state index in [2.05, 4.69) is 4.98 Å². The molecule has 8 nitrogen and oxygen atoms in total. The average Bonchev–Trinajstić information content (AvgIpc) is 2.81. The van der Waals surface area contributed by atoms with Crippen molar-refractivity contribution in [3.05, 3.63) is 12.0 Å². The van der Waals surface area contributed by atoms with Crippen molar-refractivity contribution < 1.29 is 19.7 Å². The number of nitrogens with zero attached hydrogens (tertiary/aromatic N) is 2. The van der Waals surface area contributed by atoms with Crippen LogP contribution in [0, 0.1) is 0 Å². The van der Waals surface area contributed by atoms with E-state index >= 15 is 0 Å². The monoisotopic (exact) mass is 242 g/mol. The number of amides is 1. The molecule has 2 rings (SSSR count). The maximum atomic E-state index is 11.0. The van der Waals surface area contributed by atoms with E-state index in [-0.39, 0.29) is 18.1 Å². The van der Waals surface area contributed by atoms with Crippen LogP contribution in [-0.2, 0) is 4.74 Å². The Morgan fingerprint density at radius 3 is 2.88 bits per heavy atom. The SMILES string of the molecule is NC(=O)c1ncn(C2OC(CO)CC2O)c1N. The summed E-state index contributed by atoms with van der Waals surface area (Å²) in [6, 6.07) is 0. The van der Waals surface area contributed by atoms with Crippen LogP contribution in [0.25, 0.3) is 0 Å². The number of nitrogen functional groups attached to an aromatic ring is 1. The van der Waals surface area contributed by atoms with Crippen LogP contribution in [0.4, 0.5) is 5.82 Å². The topological polar surface area (TPSA) is 137 Å². The zero-order valence-electron chi connectivity index (χ0n) is 8.98. The molecule has 1 aliphatic rings. The second-order valence-corrected chi connectivity index (χ2v) is 3.88. The minimum absolute atomic E-state index is 0.0418. The number of anilines is 1. The van der Waals surface area contributed by atoms with Crippen LogP contribution < -0.4 is 11.5 Å². The Labute approximate surface area is 96.8 Å². The second kappa shape index (κ2) is 4.32. The molecular weight excluding hydrogens is 228 g/mol. The van der Waals surface area contributed by atoms with Crippen LogP contribution in [0.2, 0.25) is 0 Å². The number of carbonyl (C=O) groups is 1. The molecule has 1 aromatic heterocycles. The van der Waals surface area contributed by atoms with Gasteiger partial charge in [0.2, 0.25) is 0 Å². The lowest BCUT2D eigenvalue weighted by molar-refractivity contribution is -0.0494. The molecule has 0 aromatic carbocycles. The van der Waals surface area contributed by atoms with E-state index in [1.807, 2.05) is 0 Å². The van der Waals surface area contributed by atoms with Gasteiger partial charge in [-0.25, -0.2) is 4.98 Å². The number of aliphatic hydroxyl groups excluding tert-OH is 2. The number of hydrogen-bond acceptors (Lipinski definition) is 6. The van der Waals surface area contributed by atoms with Crippen molar-refractivity contribution >= 4 is 11.7 Å². The summed E-state index contributed by atoms with van der Waals surface area (Å²) in [7, 11) is 0. The van der Waals surface area contributed by atoms with Crippen molar-refractivity contribution in [3.63, 3.8) is 0 Å². The van der Waals surface area contributed by atoms with E-state index in [1.54, 1.807) is 0 Å². The first-order valence-corrected chi connectivity index (χ1v) is 5.11. The molecule has 0 bridgehead atoms. The molecule has 0 saturated carbocycles. The van der Waals surface area contributed by atoms with Crippen molar-refractivity contribution in [1.82, 2.24) is 9.55 Å². The third kappa shape index (κ3) is 1.97. The molecular formula is C9H14N4O4. The van der Waals surface area contributed by atoms with Crippen LogP contribution in [0.1, 0.15) is 23.1 Å². The Kier molecular flexibility index (Phi) is 3.01. The molecule has 1 fully saturated rings. The molecule has 8 heteroatoms. The highest BCUT2D eigenvalue weighted by molar-refractivity contribution is 5.95. The van der Waals surface area contributed by atoms with Crippen molar-refractivity contribution in [2.45, 2.75) is 24.9 Å². The lowest BCUT2D eigenvalue weighted by atomic mass is 10.2. The normalized spacial score (nSPS) is 28.5. The van der Waals surface area contributed by atoms with E-state index in [0.29, 0.717) is 6.42 Å². The van der Waals surface area contributed by atoms with Gasteiger partial charge in [-0.05, 0) is 0 Å². The van der Waals surface area contributed by atoms with E-state index in [0.717, 1.165) is 0 Å². The summed E-state index contributed by atoms with van der Waals surface area (Å²) >= 11 is 0. The zero-order valence-corrected chi connectivity index (χ0v) is 8.98. The third-order valence-electron chi connectivity index (χ3n) is 2.71. The number of carbonyl (C=O) groups excluding carboxylic acids is 1. The molecule has 2 heterocycles. The van der Waals surface area contributed by atoms with Gasteiger partial charge in [-0.1, -0.05) is 0 Å². The Morgan fingerprint density at radius 1 is 1.71 bits per heavy atom. The summed E-state index contributed by atoms with van der Waals surface area (Å²) in [5.74, 6) is -0.701. The summed E-state index contributed by atoms with van der Waals surface area (Å²) in [6.45, 7) is -0.190. The van der Waals surface area contributed by atoms with Crippen LogP contribution in [0.5, 0.6) is 0 Å². The summed E-state index contributed by atoms with van der Waals surface area (Å²) in [6.07, 6.45) is -0.445. The average molecular weight is 242 g/mol. The number of ether oxygens (including phenoxy) is 1. The zero-order chi connectivity index (χ0) is 12.6. The van der Waals surface area contributed by atoms with Gasteiger partial charge in [0.25, 0.3) is 5.91 Å². The maximum absolute atomic E-state index is 11.0. The molecule has 0 aliphatic carbocycles. The lowest BCUT2D eigenvalue weighted by Crippen LogP contribution is -2.21. The molecule has 1 aliphatic heterocycles. The molecule has 3 atom stereocenters. The van der Waals surface area contributed by atoms with Crippen molar-refractivity contribution in [3.8, 4) is 0 Å². The highest BCUT2D eigenvalue weighted by atomic mass is 16.5. The quantitative estimate of drug-likeness (QED) is 0.494. The fourth-order valence-corrected chi connectivity index (χ4v) is 1.86. The smallest absolute Gasteiger partial charge is 0.271 e. The number of primary amides is 1. The first-order chi connectivity index (χ1) is 8.04. The largest absolute Gasteiger partial charge is 0.394 e.